The summed E-state index contributed by atoms with van der Waals surface area (Å²) in [6.07, 6.45) is 0.435. The molecule has 1 aromatic heterocycles. The van der Waals surface area contributed by atoms with Crippen LogP contribution < -0.4 is 10.2 Å². The van der Waals surface area contributed by atoms with Crippen LogP contribution in [0.15, 0.2) is 47.5 Å². The van der Waals surface area contributed by atoms with Gasteiger partial charge in [-0.3, -0.25) is 15.7 Å². The Labute approximate surface area is 200 Å². The Hall–Kier alpha value is -2.45. The molecule has 1 heterocycles. The highest BCUT2D eigenvalue weighted by Crippen LogP contribution is 2.30. The summed E-state index contributed by atoms with van der Waals surface area (Å²) in [5.74, 6) is -0.764. The third-order valence-corrected chi connectivity index (χ3v) is 5.52. The molecule has 0 saturated heterocycles. The van der Waals surface area contributed by atoms with Gasteiger partial charge in [0.25, 0.3) is 0 Å². The van der Waals surface area contributed by atoms with Gasteiger partial charge in [-0.25, -0.2) is 4.39 Å². The van der Waals surface area contributed by atoms with Crippen LogP contribution in [0.2, 0.25) is 10.0 Å². The van der Waals surface area contributed by atoms with E-state index >= 15 is 0 Å². The summed E-state index contributed by atoms with van der Waals surface area (Å²) in [7, 11) is 0. The van der Waals surface area contributed by atoms with Gasteiger partial charge >= 0.3 is 0 Å². The zero-order valence-corrected chi connectivity index (χ0v) is 19.5. The molecule has 1 unspecified atom stereocenters. The van der Waals surface area contributed by atoms with Gasteiger partial charge in [0.15, 0.2) is 17.4 Å². The van der Waals surface area contributed by atoms with Gasteiger partial charge in [-0.05, 0) is 55.7 Å². The Bertz CT molecular complexity index is 1140. The van der Waals surface area contributed by atoms with E-state index in [9.17, 15) is 9.60 Å². The third-order valence-electron chi connectivity index (χ3n) is 4.52. The van der Waals surface area contributed by atoms with E-state index in [1.165, 1.54) is 18.2 Å². The summed E-state index contributed by atoms with van der Waals surface area (Å²) in [6.45, 7) is 3.66. The van der Waals surface area contributed by atoms with Crippen LogP contribution in [0.1, 0.15) is 22.4 Å². The maximum absolute atomic E-state index is 14.3. The summed E-state index contributed by atoms with van der Waals surface area (Å²) < 4.78 is 19.9. The first kappa shape index (κ1) is 24.2. The van der Waals surface area contributed by atoms with Crippen molar-refractivity contribution < 1.29 is 14.3 Å². The molecule has 0 aliphatic carbocycles. The van der Waals surface area contributed by atoms with Gasteiger partial charge in [-0.1, -0.05) is 41.4 Å². The Morgan fingerprint density at radius 1 is 1.16 bits per heavy atom. The highest BCUT2D eigenvalue weighted by atomic mass is 35.5. The second kappa shape index (κ2) is 10.9. The maximum atomic E-state index is 14.3. The summed E-state index contributed by atoms with van der Waals surface area (Å²) in [6, 6.07) is 11.2. The number of ether oxygens (including phenoxy) is 1. The number of halogens is 4. The van der Waals surface area contributed by atoms with Crippen molar-refractivity contribution in [3.8, 4) is 11.6 Å². The highest BCUT2D eigenvalue weighted by Gasteiger charge is 2.19. The molecule has 0 aliphatic rings. The lowest BCUT2D eigenvalue weighted by Crippen LogP contribution is -2.26. The number of alkyl halides is 1. The van der Waals surface area contributed by atoms with Gasteiger partial charge in [-0.2, -0.15) is 5.10 Å². The number of amidine groups is 1. The Morgan fingerprint density at radius 3 is 2.62 bits per heavy atom. The lowest BCUT2D eigenvalue weighted by atomic mass is 10.1. The standard InChI is InChI=1S/C22H20Cl3FN4O2/c1-12-6-7-14(18(25)8-12)10-15(11-23)27-21(30-31)16-9-13(2)28-29-22(16)32-19-5-3-4-17(24)20(19)26/h3-9,15,31H,10-11H2,1-2H3,(H,27,30). The number of rotatable bonds is 7. The number of aliphatic imine (C=N–C) groups is 1. The van der Waals surface area contributed by atoms with Gasteiger partial charge in [0.2, 0.25) is 5.88 Å². The van der Waals surface area contributed by atoms with Crippen LogP contribution in [0.3, 0.4) is 0 Å². The van der Waals surface area contributed by atoms with E-state index in [0.717, 1.165) is 11.1 Å². The molecule has 10 heteroatoms. The quantitative estimate of drug-likeness (QED) is 0.184. The Kier molecular flexibility index (Phi) is 8.26. The van der Waals surface area contributed by atoms with E-state index in [4.69, 9.17) is 39.5 Å². The molecule has 3 rings (SSSR count). The molecule has 0 spiro atoms. The van der Waals surface area contributed by atoms with E-state index in [2.05, 4.69) is 20.7 Å². The Balaban J connectivity index is 1.96. The fourth-order valence-electron chi connectivity index (χ4n) is 2.94. The molecule has 0 amide bonds. The van der Waals surface area contributed by atoms with Crippen LogP contribution in [0.5, 0.6) is 11.6 Å². The summed E-state index contributed by atoms with van der Waals surface area (Å²) >= 11 is 18.3. The predicted molar refractivity (Wildman–Crippen MR) is 124 cm³/mol. The minimum atomic E-state index is -0.745. The zero-order chi connectivity index (χ0) is 23.3. The van der Waals surface area contributed by atoms with Crippen molar-refractivity contribution in [1.29, 1.82) is 0 Å². The van der Waals surface area contributed by atoms with E-state index in [-0.39, 0.29) is 33.9 Å². The summed E-state index contributed by atoms with van der Waals surface area (Å²) in [4.78, 5) is 4.52. The summed E-state index contributed by atoms with van der Waals surface area (Å²) in [5.41, 5.74) is 4.77. The van der Waals surface area contributed by atoms with Gasteiger partial charge in [-0.15, -0.1) is 16.7 Å². The summed E-state index contributed by atoms with van der Waals surface area (Å²) in [5, 5.41) is 18.3. The molecule has 6 nitrogen and oxygen atoms in total. The second-order valence-corrected chi connectivity index (χ2v) is 8.18. The minimum absolute atomic E-state index is 0.0364. The van der Waals surface area contributed by atoms with E-state index in [0.29, 0.717) is 17.1 Å². The highest BCUT2D eigenvalue weighted by molar-refractivity contribution is 6.31. The first-order valence-electron chi connectivity index (χ1n) is 9.57. The topological polar surface area (TPSA) is 79.6 Å². The van der Waals surface area contributed by atoms with Gasteiger partial charge in [0, 0.05) is 10.9 Å². The fourth-order valence-corrected chi connectivity index (χ4v) is 3.59. The number of nitrogens with zero attached hydrogens (tertiary/aromatic N) is 3. The van der Waals surface area contributed by atoms with Crippen molar-refractivity contribution in [2.24, 2.45) is 4.99 Å². The van der Waals surface area contributed by atoms with Crippen molar-refractivity contribution in [3.05, 3.63) is 80.7 Å². The molecular formula is C22H20Cl3FN4O2. The Morgan fingerprint density at radius 2 is 1.94 bits per heavy atom. The van der Waals surface area contributed by atoms with Crippen molar-refractivity contribution in [2.75, 3.05) is 5.88 Å². The van der Waals surface area contributed by atoms with Crippen molar-refractivity contribution >= 4 is 40.6 Å². The molecule has 32 heavy (non-hydrogen) atoms. The largest absolute Gasteiger partial charge is 0.434 e. The molecule has 0 fully saturated rings. The number of hydrogen-bond donors (Lipinski definition) is 2. The molecule has 0 aliphatic heterocycles. The van der Waals surface area contributed by atoms with Crippen LogP contribution in [0, 0.1) is 19.7 Å². The third kappa shape index (κ3) is 5.86. The number of hydroxylamine groups is 1. The molecule has 0 radical (unpaired) electrons. The average molecular weight is 498 g/mol. The van der Waals surface area contributed by atoms with Gasteiger partial charge in [0.1, 0.15) is 0 Å². The number of benzene rings is 2. The molecule has 2 aromatic carbocycles. The van der Waals surface area contributed by atoms with Crippen molar-refractivity contribution in [3.63, 3.8) is 0 Å². The minimum Gasteiger partial charge on any atom is -0.434 e. The van der Waals surface area contributed by atoms with Crippen molar-refractivity contribution in [1.82, 2.24) is 15.7 Å². The first-order chi connectivity index (χ1) is 15.3. The van der Waals surface area contributed by atoms with E-state index in [1.54, 1.807) is 13.0 Å². The SMILES string of the molecule is Cc1ccc(CC(CCl)N=C(NO)c2cc(C)nnc2Oc2cccc(Cl)c2F)c(Cl)c1. The predicted octanol–water partition coefficient (Wildman–Crippen LogP) is 5.91. The van der Waals surface area contributed by atoms with Crippen molar-refractivity contribution in [2.45, 2.75) is 26.3 Å². The first-order valence-corrected chi connectivity index (χ1v) is 10.9. The normalized spacial score (nSPS) is 12.5. The molecule has 2 N–H and O–H groups in total. The number of aryl methyl sites for hydroxylation is 2. The van der Waals surface area contributed by atoms with Crippen LogP contribution in [-0.4, -0.2) is 33.2 Å². The lowest BCUT2D eigenvalue weighted by molar-refractivity contribution is 0.234. The molecule has 0 saturated carbocycles. The monoisotopic (exact) mass is 496 g/mol. The van der Waals surface area contributed by atoms with E-state index < -0.39 is 11.9 Å². The van der Waals surface area contributed by atoms with Crippen LogP contribution in [-0.2, 0) is 6.42 Å². The molecule has 0 bridgehead atoms. The average Bonchev–Trinajstić information content (AvgIpc) is 2.77. The molecular weight excluding hydrogens is 478 g/mol. The van der Waals surface area contributed by atoms with Gasteiger partial charge in [0.05, 0.1) is 22.3 Å². The van der Waals surface area contributed by atoms with E-state index in [1.807, 2.05) is 25.1 Å². The molecule has 3 aromatic rings. The molecule has 168 valence electrons. The molecule has 1 atom stereocenters. The van der Waals surface area contributed by atoms with Crippen LogP contribution in [0.4, 0.5) is 4.39 Å². The zero-order valence-electron chi connectivity index (χ0n) is 17.2. The fraction of sp³-hybridized carbons (Fsp3) is 0.227. The van der Waals surface area contributed by atoms with Crippen LogP contribution >= 0.6 is 34.8 Å². The number of hydrogen-bond acceptors (Lipinski definition) is 5. The second-order valence-electron chi connectivity index (χ2n) is 7.06. The van der Waals surface area contributed by atoms with Gasteiger partial charge < -0.3 is 4.74 Å². The smallest absolute Gasteiger partial charge is 0.250 e. The van der Waals surface area contributed by atoms with Crippen LogP contribution in [0.25, 0.3) is 0 Å². The number of aromatic nitrogens is 2. The maximum Gasteiger partial charge on any atom is 0.250 e. The number of nitrogens with one attached hydrogen (secondary N) is 1. The lowest BCUT2D eigenvalue weighted by Gasteiger charge is -2.16.